The number of primary amides is 1. The van der Waals surface area contributed by atoms with Gasteiger partial charge in [0, 0.05) is 17.4 Å². The zero-order valence-electron chi connectivity index (χ0n) is 23.5. The Kier molecular flexibility index (Phi) is 13.3. The number of amides is 1. The van der Waals surface area contributed by atoms with Crippen LogP contribution in [0.3, 0.4) is 0 Å². The van der Waals surface area contributed by atoms with Crippen molar-refractivity contribution >= 4 is 28.0 Å². The first-order valence-electron chi connectivity index (χ1n) is 13.4. The van der Waals surface area contributed by atoms with E-state index in [1.807, 2.05) is 45.9 Å². The molecule has 0 aromatic heterocycles. The van der Waals surface area contributed by atoms with E-state index < -0.39 is 29.7 Å². The molecule has 216 valence electrons. The highest BCUT2D eigenvalue weighted by atomic mass is 79.9. The minimum absolute atomic E-state index is 0.0649. The zero-order chi connectivity index (χ0) is 29.7. The third kappa shape index (κ3) is 11.1. The number of hydrogen-bond donors (Lipinski definition) is 3. The van der Waals surface area contributed by atoms with E-state index in [1.54, 1.807) is 42.5 Å². The van der Waals surface area contributed by atoms with Gasteiger partial charge in [-0.05, 0) is 77.4 Å². The van der Waals surface area contributed by atoms with Crippen molar-refractivity contribution in [3.63, 3.8) is 0 Å². The first-order valence-corrected chi connectivity index (χ1v) is 14.2. The molecule has 40 heavy (non-hydrogen) atoms. The normalized spacial score (nSPS) is 25.3. The molecule has 0 saturated carbocycles. The molecule has 0 bridgehead atoms. The molecule has 8 heteroatoms. The second kappa shape index (κ2) is 16.1. The van der Waals surface area contributed by atoms with Crippen LogP contribution in [0, 0.1) is 29.1 Å². The summed E-state index contributed by atoms with van der Waals surface area (Å²) in [7, 11) is 0. The molecule has 0 spiro atoms. The maximum absolute atomic E-state index is 12.4. The molecule has 0 radical (unpaired) electrons. The van der Waals surface area contributed by atoms with Crippen LogP contribution in [0.25, 0.3) is 0 Å². The van der Waals surface area contributed by atoms with Crippen LogP contribution >= 0.6 is 15.9 Å². The molecule has 1 aliphatic rings. The summed E-state index contributed by atoms with van der Waals surface area (Å²) in [6.45, 7) is 7.75. The fraction of sp³-hybridized carbons (Fsp3) is 0.438. The van der Waals surface area contributed by atoms with E-state index in [0.717, 1.165) is 6.42 Å². The lowest BCUT2D eigenvalue weighted by atomic mass is 9.82. The van der Waals surface area contributed by atoms with E-state index in [4.69, 9.17) is 15.2 Å². The van der Waals surface area contributed by atoms with Crippen molar-refractivity contribution in [2.45, 2.75) is 71.7 Å². The second-order valence-corrected chi connectivity index (χ2v) is 11.4. The number of rotatable bonds is 5. The molecule has 2 rings (SSSR count). The average molecular weight is 615 g/mol. The summed E-state index contributed by atoms with van der Waals surface area (Å²) < 4.78 is 11.4. The number of phenolic OH excluding ortho intramolecular Hbond substituents is 1. The third-order valence-electron chi connectivity index (χ3n) is 6.64. The number of aliphatic hydroxyl groups excluding tert-OH is 1. The Morgan fingerprint density at radius 3 is 2.70 bits per heavy atom. The van der Waals surface area contributed by atoms with Crippen molar-refractivity contribution in [1.82, 2.24) is 0 Å². The molecule has 0 fully saturated rings. The van der Waals surface area contributed by atoms with E-state index in [2.05, 4.69) is 27.8 Å². The van der Waals surface area contributed by atoms with Crippen LogP contribution in [0.4, 0.5) is 4.79 Å². The molecule has 1 amide bonds. The van der Waals surface area contributed by atoms with Crippen molar-refractivity contribution in [1.29, 1.82) is 0 Å². The van der Waals surface area contributed by atoms with Crippen molar-refractivity contribution in [3.05, 3.63) is 76.8 Å². The van der Waals surface area contributed by atoms with Gasteiger partial charge in [0.15, 0.2) is 0 Å². The number of halogens is 1. The van der Waals surface area contributed by atoms with E-state index >= 15 is 0 Å². The van der Waals surface area contributed by atoms with Crippen LogP contribution in [0.5, 0.6) is 5.75 Å². The molecule has 5 atom stereocenters. The standard InChI is InChI=1S/C32H40BrNO6/c1-22-18-19-23(2)27(40-28(36)17-10-7-8-13-24(21-22)39-31(34)38)16-9-5-6-11-20-32(3,4)30(37)25-14-12-15-26(35)29(25)33/h9-12,14-20,22-24,27,30,35,37H,7-8,13,21H2,1-4H3,(H2,34,38)/b16-9+,17-10-,19-18+,20-11+/t22-,23-,24+,27+,30?/m1/s1. The van der Waals surface area contributed by atoms with Crippen LogP contribution < -0.4 is 5.73 Å². The van der Waals surface area contributed by atoms with Crippen molar-refractivity contribution < 1.29 is 29.3 Å². The second-order valence-electron chi connectivity index (χ2n) is 10.6. The number of carbonyl (C=O) groups excluding carboxylic acids is 2. The minimum Gasteiger partial charge on any atom is -0.507 e. The Labute approximate surface area is 246 Å². The monoisotopic (exact) mass is 613 g/mol. The first kappa shape index (κ1) is 32.9. The number of cyclic esters (lactones) is 1. The Bertz CT molecular complexity index is 1190. The van der Waals surface area contributed by atoms with Crippen LogP contribution in [0.1, 0.15) is 65.0 Å². The van der Waals surface area contributed by atoms with Gasteiger partial charge in [-0.2, -0.15) is 0 Å². The Morgan fingerprint density at radius 2 is 1.98 bits per heavy atom. The highest BCUT2D eigenvalue weighted by Gasteiger charge is 2.28. The molecule has 1 unspecified atom stereocenters. The molecule has 0 aliphatic carbocycles. The van der Waals surface area contributed by atoms with Crippen molar-refractivity contribution in [3.8, 4) is 17.6 Å². The third-order valence-corrected chi connectivity index (χ3v) is 7.50. The Balaban J connectivity index is 2.12. The van der Waals surface area contributed by atoms with Gasteiger partial charge in [0.05, 0.1) is 10.6 Å². The van der Waals surface area contributed by atoms with Gasteiger partial charge < -0.3 is 25.4 Å². The quantitative estimate of drug-likeness (QED) is 0.194. The molecule has 0 saturated heterocycles. The van der Waals surface area contributed by atoms with Crippen molar-refractivity contribution in [2.24, 2.45) is 23.0 Å². The predicted octanol–water partition coefficient (Wildman–Crippen LogP) is 6.66. The number of phenols is 1. The highest BCUT2D eigenvalue weighted by Crippen LogP contribution is 2.40. The van der Waals surface area contributed by atoms with Gasteiger partial charge in [0.25, 0.3) is 0 Å². The van der Waals surface area contributed by atoms with Gasteiger partial charge in [0.2, 0.25) is 0 Å². The lowest BCUT2D eigenvalue weighted by Crippen LogP contribution is -2.25. The van der Waals surface area contributed by atoms with Gasteiger partial charge in [-0.15, -0.1) is 0 Å². The Hall–Kier alpha value is -3.28. The maximum atomic E-state index is 12.4. The molecule has 1 aromatic rings. The fourth-order valence-electron chi connectivity index (χ4n) is 4.23. The van der Waals surface area contributed by atoms with Gasteiger partial charge >= 0.3 is 12.1 Å². The van der Waals surface area contributed by atoms with E-state index in [-0.39, 0.29) is 23.7 Å². The summed E-state index contributed by atoms with van der Waals surface area (Å²) in [5.41, 5.74) is 5.17. The van der Waals surface area contributed by atoms with Crippen LogP contribution in [0.15, 0.2) is 71.3 Å². The van der Waals surface area contributed by atoms with E-state index in [9.17, 15) is 19.8 Å². The molecule has 1 aliphatic heterocycles. The molecular formula is C32H40BrNO6. The van der Waals surface area contributed by atoms with Crippen LogP contribution in [-0.2, 0) is 14.3 Å². The summed E-state index contributed by atoms with van der Waals surface area (Å²) in [6.07, 6.45) is 14.3. The van der Waals surface area contributed by atoms with Gasteiger partial charge in [-0.25, -0.2) is 9.59 Å². The summed E-state index contributed by atoms with van der Waals surface area (Å²) in [4.78, 5) is 23.7. The average Bonchev–Trinajstić information content (AvgIpc) is 2.88. The lowest BCUT2D eigenvalue weighted by Gasteiger charge is -2.28. The molecule has 4 N–H and O–H groups in total. The number of hydrogen-bond acceptors (Lipinski definition) is 6. The summed E-state index contributed by atoms with van der Waals surface area (Å²) >= 11 is 3.33. The number of aliphatic hydroxyl groups is 1. The SMILES string of the molecule is C[C@@H]1/C=C/[C@@H](C)[C@H](/C=C/C#C/C=C/C(C)(C)C(O)c2cccc(O)c2Br)OC(=O)/C=C\CCC[C@H](OC(N)=O)C1. The molecular weight excluding hydrogens is 574 g/mol. The number of nitrogens with two attached hydrogens (primary N) is 1. The smallest absolute Gasteiger partial charge is 0.404 e. The first-order chi connectivity index (χ1) is 18.9. The molecule has 7 nitrogen and oxygen atoms in total. The van der Waals surface area contributed by atoms with E-state index in [0.29, 0.717) is 29.3 Å². The summed E-state index contributed by atoms with van der Waals surface area (Å²) in [5, 5.41) is 20.8. The topological polar surface area (TPSA) is 119 Å². The number of esters is 1. The number of benzene rings is 1. The lowest BCUT2D eigenvalue weighted by molar-refractivity contribution is -0.142. The maximum Gasteiger partial charge on any atom is 0.404 e. The van der Waals surface area contributed by atoms with Crippen LogP contribution in [0.2, 0.25) is 0 Å². The van der Waals surface area contributed by atoms with E-state index in [1.165, 1.54) is 6.08 Å². The largest absolute Gasteiger partial charge is 0.507 e. The number of aromatic hydroxyl groups is 1. The predicted molar refractivity (Wildman–Crippen MR) is 160 cm³/mol. The number of allylic oxidation sites excluding steroid dienone is 4. The van der Waals surface area contributed by atoms with Gasteiger partial charge in [-0.1, -0.05) is 76.0 Å². The molecule has 1 aromatic carbocycles. The summed E-state index contributed by atoms with van der Waals surface area (Å²) in [5.74, 6) is 5.51. The number of ether oxygens (including phenoxy) is 2. The summed E-state index contributed by atoms with van der Waals surface area (Å²) in [6, 6.07) is 4.99. The minimum atomic E-state index is -0.868. The van der Waals surface area contributed by atoms with Gasteiger partial charge in [-0.3, -0.25) is 0 Å². The van der Waals surface area contributed by atoms with Gasteiger partial charge in [0.1, 0.15) is 18.0 Å². The Morgan fingerprint density at radius 1 is 1.25 bits per heavy atom. The highest BCUT2D eigenvalue weighted by molar-refractivity contribution is 9.10. The number of carbonyl (C=O) groups is 2. The zero-order valence-corrected chi connectivity index (χ0v) is 25.1. The fourth-order valence-corrected chi connectivity index (χ4v) is 4.71. The van der Waals surface area contributed by atoms with Crippen LogP contribution in [-0.4, -0.2) is 34.5 Å². The van der Waals surface area contributed by atoms with Crippen molar-refractivity contribution in [2.75, 3.05) is 0 Å². The molecule has 1 heterocycles.